The molecule has 1 aromatic carbocycles. The van der Waals surface area contributed by atoms with Gasteiger partial charge in [0.2, 0.25) is 0 Å². The molecule has 2 heteroatoms. The lowest BCUT2D eigenvalue weighted by Gasteiger charge is -2.28. The molecule has 3 rings (SSSR count). The molecule has 0 spiro atoms. The van der Waals surface area contributed by atoms with Gasteiger partial charge in [-0.15, -0.1) is 0 Å². The fourth-order valence-electron chi connectivity index (χ4n) is 4.00. The van der Waals surface area contributed by atoms with E-state index < -0.39 is 0 Å². The predicted molar refractivity (Wildman–Crippen MR) is 85.3 cm³/mol. The maximum absolute atomic E-state index is 10.5. The fourth-order valence-corrected chi connectivity index (χ4v) is 4.00. The average molecular weight is 288 g/mol. The van der Waals surface area contributed by atoms with Crippen molar-refractivity contribution < 1.29 is 9.84 Å². The molecule has 0 aromatic heterocycles. The predicted octanol–water partition coefficient (Wildman–Crippen LogP) is 4.41. The highest BCUT2D eigenvalue weighted by atomic mass is 16.5. The van der Waals surface area contributed by atoms with Crippen LogP contribution in [0.5, 0.6) is 0 Å². The third kappa shape index (κ3) is 4.08. The second-order valence-corrected chi connectivity index (χ2v) is 6.79. The Kier molecular flexibility index (Phi) is 5.32. The normalized spacial score (nSPS) is 25.1. The number of fused-ring (bicyclic) bond motifs is 1. The zero-order chi connectivity index (χ0) is 14.5. The van der Waals surface area contributed by atoms with Crippen molar-refractivity contribution in [1.82, 2.24) is 0 Å². The molecule has 0 radical (unpaired) electrons. The molecular formula is C19H28O2. The van der Waals surface area contributed by atoms with Crippen LogP contribution in [0, 0.1) is 5.92 Å². The SMILES string of the molecule is OC(CC1CCCCCC1)CC1OCCc2ccccc21. The van der Waals surface area contributed by atoms with E-state index in [9.17, 15) is 5.11 Å². The van der Waals surface area contributed by atoms with Crippen molar-refractivity contribution in [2.24, 2.45) is 5.92 Å². The van der Waals surface area contributed by atoms with Crippen molar-refractivity contribution in [3.05, 3.63) is 35.4 Å². The van der Waals surface area contributed by atoms with E-state index in [2.05, 4.69) is 24.3 Å². The van der Waals surface area contributed by atoms with Crippen LogP contribution in [0.15, 0.2) is 24.3 Å². The molecule has 1 aliphatic carbocycles. The summed E-state index contributed by atoms with van der Waals surface area (Å²) in [4.78, 5) is 0. The molecule has 1 fully saturated rings. The lowest BCUT2D eigenvalue weighted by Crippen LogP contribution is -2.22. The lowest BCUT2D eigenvalue weighted by molar-refractivity contribution is -0.00178. The van der Waals surface area contributed by atoms with Crippen molar-refractivity contribution >= 4 is 0 Å². The van der Waals surface area contributed by atoms with Gasteiger partial charge in [0.15, 0.2) is 0 Å². The van der Waals surface area contributed by atoms with Gasteiger partial charge in [0.05, 0.1) is 18.8 Å². The summed E-state index contributed by atoms with van der Waals surface area (Å²) in [5.74, 6) is 0.723. The van der Waals surface area contributed by atoms with Gasteiger partial charge in [-0.3, -0.25) is 0 Å². The maximum atomic E-state index is 10.5. The lowest BCUT2D eigenvalue weighted by atomic mass is 9.89. The largest absolute Gasteiger partial charge is 0.393 e. The standard InChI is InChI=1S/C19H28O2/c20-17(13-15-7-3-1-2-4-8-15)14-19-18-10-6-5-9-16(18)11-12-21-19/h5-6,9-10,15,17,19-20H,1-4,7-8,11-14H2. The van der Waals surface area contributed by atoms with Crippen molar-refractivity contribution in [3.8, 4) is 0 Å². The van der Waals surface area contributed by atoms with Gasteiger partial charge in [-0.05, 0) is 29.9 Å². The van der Waals surface area contributed by atoms with Crippen molar-refractivity contribution in [3.63, 3.8) is 0 Å². The molecule has 1 aromatic rings. The molecule has 1 aliphatic heterocycles. The monoisotopic (exact) mass is 288 g/mol. The van der Waals surface area contributed by atoms with Crippen molar-refractivity contribution in [2.75, 3.05) is 6.61 Å². The van der Waals surface area contributed by atoms with Gasteiger partial charge in [0, 0.05) is 6.42 Å². The Morgan fingerprint density at radius 3 is 2.62 bits per heavy atom. The summed E-state index contributed by atoms with van der Waals surface area (Å²) in [6.45, 7) is 0.790. The third-order valence-electron chi connectivity index (χ3n) is 5.16. The molecule has 2 unspecified atom stereocenters. The minimum absolute atomic E-state index is 0.0933. The highest BCUT2D eigenvalue weighted by Crippen LogP contribution is 2.33. The zero-order valence-corrected chi connectivity index (χ0v) is 13.0. The van der Waals surface area contributed by atoms with E-state index in [1.54, 1.807) is 0 Å². The number of benzene rings is 1. The van der Waals surface area contributed by atoms with E-state index in [0.717, 1.165) is 31.8 Å². The van der Waals surface area contributed by atoms with E-state index in [1.807, 2.05) is 0 Å². The minimum Gasteiger partial charge on any atom is -0.393 e. The van der Waals surface area contributed by atoms with Crippen LogP contribution in [-0.4, -0.2) is 17.8 Å². The third-order valence-corrected chi connectivity index (χ3v) is 5.16. The van der Waals surface area contributed by atoms with Gasteiger partial charge < -0.3 is 9.84 Å². The Morgan fingerprint density at radius 1 is 1.05 bits per heavy atom. The maximum Gasteiger partial charge on any atom is 0.0852 e. The molecule has 1 heterocycles. The van der Waals surface area contributed by atoms with Crippen LogP contribution in [-0.2, 0) is 11.2 Å². The van der Waals surface area contributed by atoms with Gasteiger partial charge in [0.1, 0.15) is 0 Å². The molecule has 1 N–H and O–H groups in total. The molecule has 21 heavy (non-hydrogen) atoms. The molecule has 0 saturated heterocycles. The van der Waals surface area contributed by atoms with Crippen LogP contribution in [0.2, 0.25) is 0 Å². The molecule has 2 aliphatic rings. The number of aliphatic hydroxyl groups excluding tert-OH is 1. The summed E-state index contributed by atoms with van der Waals surface area (Å²) in [6.07, 6.45) is 10.7. The van der Waals surface area contributed by atoms with E-state index in [1.165, 1.54) is 49.7 Å². The molecule has 0 amide bonds. The van der Waals surface area contributed by atoms with Crippen LogP contribution in [0.4, 0.5) is 0 Å². The number of rotatable bonds is 4. The van der Waals surface area contributed by atoms with Gasteiger partial charge in [-0.25, -0.2) is 0 Å². The summed E-state index contributed by atoms with van der Waals surface area (Å²) in [5.41, 5.74) is 2.69. The first-order valence-electron chi connectivity index (χ1n) is 8.70. The topological polar surface area (TPSA) is 29.5 Å². The average Bonchev–Trinajstić information content (AvgIpc) is 2.76. The Labute approximate surface area is 128 Å². The molecule has 1 saturated carbocycles. The highest BCUT2D eigenvalue weighted by molar-refractivity contribution is 5.30. The summed E-state index contributed by atoms with van der Waals surface area (Å²) < 4.78 is 5.93. The molecular weight excluding hydrogens is 260 g/mol. The Hall–Kier alpha value is -0.860. The molecule has 2 atom stereocenters. The van der Waals surface area contributed by atoms with Crippen LogP contribution in [0.25, 0.3) is 0 Å². The molecule has 0 bridgehead atoms. The van der Waals surface area contributed by atoms with Gasteiger partial charge in [0.25, 0.3) is 0 Å². The van der Waals surface area contributed by atoms with Gasteiger partial charge in [-0.1, -0.05) is 62.8 Å². The Morgan fingerprint density at radius 2 is 1.81 bits per heavy atom. The van der Waals surface area contributed by atoms with Gasteiger partial charge in [-0.2, -0.15) is 0 Å². The molecule has 116 valence electrons. The first-order chi connectivity index (χ1) is 10.3. The Balaban J connectivity index is 1.56. The van der Waals surface area contributed by atoms with Crippen molar-refractivity contribution in [1.29, 1.82) is 0 Å². The van der Waals surface area contributed by atoms with Gasteiger partial charge >= 0.3 is 0 Å². The molecule has 2 nitrogen and oxygen atoms in total. The fraction of sp³-hybridized carbons (Fsp3) is 0.684. The number of hydrogen-bond donors (Lipinski definition) is 1. The summed E-state index contributed by atoms with van der Waals surface area (Å²) in [5, 5.41) is 10.5. The summed E-state index contributed by atoms with van der Waals surface area (Å²) >= 11 is 0. The minimum atomic E-state index is -0.218. The van der Waals surface area contributed by atoms with Crippen LogP contribution < -0.4 is 0 Å². The van der Waals surface area contributed by atoms with Crippen LogP contribution >= 0.6 is 0 Å². The van der Waals surface area contributed by atoms with E-state index >= 15 is 0 Å². The number of aliphatic hydroxyl groups is 1. The smallest absolute Gasteiger partial charge is 0.0852 e. The second-order valence-electron chi connectivity index (χ2n) is 6.79. The van der Waals surface area contributed by atoms with Crippen LogP contribution in [0.3, 0.4) is 0 Å². The zero-order valence-electron chi connectivity index (χ0n) is 13.0. The number of hydrogen-bond acceptors (Lipinski definition) is 2. The van der Waals surface area contributed by atoms with Crippen molar-refractivity contribution in [2.45, 2.75) is 70.0 Å². The second kappa shape index (κ2) is 7.42. The first-order valence-corrected chi connectivity index (χ1v) is 8.70. The summed E-state index contributed by atoms with van der Waals surface area (Å²) in [6, 6.07) is 8.54. The summed E-state index contributed by atoms with van der Waals surface area (Å²) in [7, 11) is 0. The Bertz CT molecular complexity index is 435. The number of ether oxygens (including phenoxy) is 1. The van der Waals surface area contributed by atoms with Crippen LogP contribution in [0.1, 0.15) is 68.6 Å². The first kappa shape index (κ1) is 15.1. The highest BCUT2D eigenvalue weighted by Gasteiger charge is 2.25. The van der Waals surface area contributed by atoms with E-state index in [4.69, 9.17) is 4.74 Å². The van der Waals surface area contributed by atoms with E-state index in [-0.39, 0.29) is 12.2 Å². The van der Waals surface area contributed by atoms with E-state index in [0.29, 0.717) is 0 Å². The quantitative estimate of drug-likeness (QED) is 0.831.